The minimum absolute atomic E-state index is 0.0126. The highest BCUT2D eigenvalue weighted by Gasteiger charge is 2.60. The minimum Gasteiger partial charge on any atom is -0.459 e. The molecule has 10 rings (SSSR count). The minimum atomic E-state index is -0.859. The second-order valence-electron chi connectivity index (χ2n) is 24.2. The number of ether oxygens (including phenoxy) is 13. The van der Waals surface area contributed by atoms with E-state index in [9.17, 15) is 4.79 Å². The van der Waals surface area contributed by atoms with Crippen molar-refractivity contribution in [3.8, 4) is 0 Å². The number of fused-ring (bicyclic) bond motifs is 9. The zero-order valence-electron chi connectivity index (χ0n) is 45.4. The van der Waals surface area contributed by atoms with Gasteiger partial charge in [0.05, 0.1) is 105 Å². The highest BCUT2D eigenvalue weighted by Crippen LogP contribution is 2.50. The third-order valence-electron chi connectivity index (χ3n) is 18.6. The third-order valence-corrected chi connectivity index (χ3v) is 18.6. The zero-order chi connectivity index (χ0) is 51.3. The Balaban J connectivity index is 0.702. The number of methoxy groups -OCH3 is 1. The van der Waals surface area contributed by atoms with Gasteiger partial charge in [0.25, 0.3) is 0 Å². The van der Waals surface area contributed by atoms with Gasteiger partial charge < -0.3 is 61.6 Å². The topological polar surface area (TPSA) is 156 Å². The molecule has 0 aromatic heterocycles. The van der Waals surface area contributed by atoms with Gasteiger partial charge in [-0.25, -0.2) is 9.78 Å². The van der Waals surface area contributed by atoms with Crippen LogP contribution in [0.3, 0.4) is 0 Å². The van der Waals surface area contributed by atoms with Crippen molar-refractivity contribution in [3.63, 3.8) is 0 Å². The highest BCUT2D eigenvalue weighted by molar-refractivity contribution is 5.70. The summed E-state index contributed by atoms with van der Waals surface area (Å²) < 4.78 is 85.2. The Morgan fingerprint density at radius 2 is 1.53 bits per heavy atom. The number of rotatable bonds is 19. The molecule has 10 aliphatic heterocycles. The van der Waals surface area contributed by atoms with Crippen molar-refractivity contribution in [1.82, 2.24) is 0 Å². The van der Waals surface area contributed by atoms with Gasteiger partial charge >= 0.3 is 5.97 Å². The van der Waals surface area contributed by atoms with Crippen molar-refractivity contribution in [2.75, 3.05) is 20.3 Å². The fraction of sp³-hybridized carbons (Fsp3) is 0.912. The summed E-state index contributed by atoms with van der Waals surface area (Å²) in [6.45, 7) is 26.8. The maximum atomic E-state index is 13.9. The van der Waals surface area contributed by atoms with Gasteiger partial charge in [0.1, 0.15) is 30.5 Å². The van der Waals surface area contributed by atoms with Gasteiger partial charge in [0.2, 0.25) is 0 Å². The predicted octanol–water partition coefficient (Wildman–Crippen LogP) is 8.43. The average molecular weight is 1030 g/mol. The lowest BCUT2D eigenvalue weighted by atomic mass is 9.83. The van der Waals surface area contributed by atoms with Crippen molar-refractivity contribution < 1.29 is 76.1 Å². The van der Waals surface area contributed by atoms with E-state index in [1.54, 1.807) is 7.11 Å². The molecule has 0 aromatic rings. The van der Waals surface area contributed by atoms with Crippen LogP contribution >= 0.6 is 0 Å². The average Bonchev–Trinajstić information content (AvgIpc) is 4.16. The van der Waals surface area contributed by atoms with Gasteiger partial charge in [-0.2, -0.15) is 0 Å². The maximum absolute atomic E-state index is 13.9. The fourth-order valence-corrected chi connectivity index (χ4v) is 14.1. The van der Waals surface area contributed by atoms with Crippen LogP contribution in [0.1, 0.15) is 152 Å². The molecule has 16 heteroatoms. The summed E-state index contributed by atoms with van der Waals surface area (Å²) in [4.78, 5) is 26.0. The molecule has 11 unspecified atom stereocenters. The van der Waals surface area contributed by atoms with E-state index in [0.29, 0.717) is 63.6 Å². The Kier molecular flexibility index (Phi) is 17.5. The van der Waals surface area contributed by atoms with Crippen molar-refractivity contribution >= 4 is 5.97 Å². The smallest absolute Gasteiger partial charge is 0.308 e. The quantitative estimate of drug-likeness (QED) is 0.0526. The maximum Gasteiger partial charge on any atom is 0.308 e. The van der Waals surface area contributed by atoms with Gasteiger partial charge in [-0.15, -0.1) is 0 Å². The first-order valence-corrected chi connectivity index (χ1v) is 28.6. The molecular formula is C57H90O16. The molecule has 73 heavy (non-hydrogen) atoms. The van der Waals surface area contributed by atoms with Crippen LogP contribution in [0.15, 0.2) is 24.3 Å². The van der Waals surface area contributed by atoms with E-state index >= 15 is 0 Å². The Morgan fingerprint density at radius 3 is 2.32 bits per heavy atom. The van der Waals surface area contributed by atoms with Gasteiger partial charge in [-0.3, -0.25) is 4.79 Å². The molecule has 4 bridgehead atoms. The van der Waals surface area contributed by atoms with E-state index in [4.69, 9.17) is 71.4 Å². The van der Waals surface area contributed by atoms with Crippen LogP contribution < -0.4 is 0 Å². The molecule has 414 valence electrons. The van der Waals surface area contributed by atoms with Crippen LogP contribution in [0, 0.1) is 23.7 Å². The Morgan fingerprint density at radius 1 is 0.740 bits per heavy atom. The van der Waals surface area contributed by atoms with Crippen LogP contribution in [0.2, 0.25) is 0 Å². The van der Waals surface area contributed by atoms with E-state index < -0.39 is 18.2 Å². The summed E-state index contributed by atoms with van der Waals surface area (Å²) in [6.07, 6.45) is 6.76. The number of carbonyl (C=O) groups is 1. The standard InChI is InChI=1S/C57H90O16/c1-12-30(4)52(36(10)72-73-42-18-20-60-51(42)29(2)3)69-50-26-44-43(66-50)24-45-54(67-44)34(8)53(35(9)62-45)68-49(58)23-38-14-16-41-55(64-38)47-25-46(65-41)56-48(59-11)27-57(70-47,71-56)19-17-39-22-32(6)40(63-39)15-13-37-21-31(5)33(7)28-61-37/h29-31,34-48,50-56H,6-7,12-28H2,1-5,8-11H3/t30-,31+,34+,35-,36?,37-,38?,39?,40-,41?,42-,43+,44+,45-,46?,47?,48+,50?,51-,52?,53?,54-,55-,56?,57?/m0/s1. The SMILES string of the molecule is C=C1CO[C@@H](CC[C@@H]2OC(CCC34C[C@@H](OC)C(O3)C3CC(O4)[C@H]4OC(CC(=O)OC5[C@H](C)O[C@H]6C[C@H]7OC(OC(C(C)OO[C@H]8CCO[C@H]8C(C)C)[C@@H](C)CC)C[C@H]7O[C@H]6[C@@H]5C)CCC4O3)CC2=C)C[C@H]1C. The lowest BCUT2D eigenvalue weighted by Crippen LogP contribution is -2.59. The van der Waals surface area contributed by atoms with Crippen LogP contribution in [-0.4, -0.2) is 160 Å². The Hall–Kier alpha value is -1.61. The largest absolute Gasteiger partial charge is 0.459 e. The second-order valence-corrected chi connectivity index (χ2v) is 24.2. The van der Waals surface area contributed by atoms with E-state index in [1.165, 1.54) is 5.57 Å². The molecule has 10 fully saturated rings. The monoisotopic (exact) mass is 1030 g/mol. The molecule has 0 saturated carbocycles. The molecule has 0 amide bonds. The summed E-state index contributed by atoms with van der Waals surface area (Å²) >= 11 is 0. The summed E-state index contributed by atoms with van der Waals surface area (Å²) in [6, 6.07) is 0. The van der Waals surface area contributed by atoms with E-state index in [1.807, 2.05) is 13.8 Å². The number of esters is 1. The molecule has 0 N–H and O–H groups in total. The molecular weight excluding hydrogens is 941 g/mol. The molecule has 0 radical (unpaired) electrons. The fourth-order valence-electron chi connectivity index (χ4n) is 14.1. The van der Waals surface area contributed by atoms with Crippen LogP contribution in [-0.2, 0) is 76.1 Å². The third kappa shape index (κ3) is 12.0. The molecule has 10 aliphatic rings. The molecule has 25 atom stereocenters. The molecule has 0 aromatic carbocycles. The lowest BCUT2D eigenvalue weighted by molar-refractivity contribution is -0.374. The summed E-state index contributed by atoms with van der Waals surface area (Å²) in [5.74, 6) is -0.245. The predicted molar refractivity (Wildman–Crippen MR) is 266 cm³/mol. The second kappa shape index (κ2) is 23.4. The Bertz CT molecular complexity index is 1880. The van der Waals surface area contributed by atoms with E-state index in [-0.39, 0.29) is 140 Å². The summed E-state index contributed by atoms with van der Waals surface area (Å²) in [7, 11) is 1.75. The van der Waals surface area contributed by atoms with Gasteiger partial charge in [-0.05, 0) is 87.7 Å². The van der Waals surface area contributed by atoms with Gasteiger partial charge in [0, 0.05) is 58.2 Å². The summed E-state index contributed by atoms with van der Waals surface area (Å²) in [5, 5.41) is 0. The number of hydrogen-bond acceptors (Lipinski definition) is 16. The normalized spacial score (nSPS) is 46.6. The van der Waals surface area contributed by atoms with Crippen molar-refractivity contribution in [2.24, 2.45) is 23.7 Å². The molecule has 0 aliphatic carbocycles. The first kappa shape index (κ1) is 54.7. The summed E-state index contributed by atoms with van der Waals surface area (Å²) in [5.41, 5.74) is 2.33. The molecule has 16 nitrogen and oxygen atoms in total. The van der Waals surface area contributed by atoms with Gasteiger partial charge in [-0.1, -0.05) is 61.1 Å². The first-order valence-electron chi connectivity index (χ1n) is 28.6. The van der Waals surface area contributed by atoms with E-state index in [0.717, 1.165) is 56.9 Å². The van der Waals surface area contributed by atoms with Crippen LogP contribution in [0.25, 0.3) is 0 Å². The first-order chi connectivity index (χ1) is 35.1. The Labute approximate surface area is 435 Å². The van der Waals surface area contributed by atoms with Crippen molar-refractivity contribution in [3.05, 3.63) is 24.3 Å². The van der Waals surface area contributed by atoms with Crippen LogP contribution in [0.4, 0.5) is 0 Å². The van der Waals surface area contributed by atoms with Crippen molar-refractivity contribution in [1.29, 1.82) is 0 Å². The molecule has 10 saturated heterocycles. The lowest BCUT2D eigenvalue weighted by Gasteiger charge is -2.49. The zero-order valence-corrected chi connectivity index (χ0v) is 45.4. The van der Waals surface area contributed by atoms with Crippen molar-refractivity contribution in [2.45, 2.75) is 286 Å². The van der Waals surface area contributed by atoms with Crippen LogP contribution in [0.5, 0.6) is 0 Å². The molecule has 10 heterocycles. The molecule has 0 spiro atoms. The van der Waals surface area contributed by atoms with Gasteiger partial charge in [0.15, 0.2) is 12.1 Å². The number of carbonyl (C=O) groups excluding carboxylic acids is 1. The number of hydrogen-bond donors (Lipinski definition) is 0. The van der Waals surface area contributed by atoms with E-state index in [2.05, 4.69) is 54.7 Å². The highest BCUT2D eigenvalue weighted by atomic mass is 17.2.